The summed E-state index contributed by atoms with van der Waals surface area (Å²) in [6, 6.07) is 6.16. The van der Waals surface area contributed by atoms with Crippen LogP contribution >= 0.6 is 0 Å². The van der Waals surface area contributed by atoms with Crippen molar-refractivity contribution in [1.29, 1.82) is 0 Å². The molecule has 1 heterocycles. The minimum Gasteiger partial charge on any atom is -0.487 e. The number of hydrogen-bond acceptors (Lipinski definition) is 3. The Labute approximate surface area is 120 Å². The molecule has 1 aromatic rings. The normalized spacial score (nSPS) is 16.0. The van der Waals surface area contributed by atoms with Crippen LogP contribution in [0.25, 0.3) is 0 Å². The lowest BCUT2D eigenvalue weighted by molar-refractivity contribution is -0.138. The maximum absolute atomic E-state index is 10.9. The molecule has 1 aliphatic rings. The van der Waals surface area contributed by atoms with Crippen LogP contribution in [0, 0.1) is 0 Å². The Morgan fingerprint density at radius 3 is 2.85 bits per heavy atom. The smallest absolute Gasteiger partial charge is 0.317 e. The summed E-state index contributed by atoms with van der Waals surface area (Å²) in [7, 11) is 0. The van der Waals surface area contributed by atoms with E-state index in [1.165, 1.54) is 5.56 Å². The van der Waals surface area contributed by atoms with Crippen molar-refractivity contribution in [1.82, 2.24) is 4.90 Å². The molecule has 1 N–H and O–H groups in total. The number of nitrogens with zero attached hydrogens (tertiary/aromatic N) is 1. The van der Waals surface area contributed by atoms with Gasteiger partial charge in [-0.3, -0.25) is 9.69 Å². The van der Waals surface area contributed by atoms with Gasteiger partial charge in [-0.05, 0) is 32.4 Å². The standard InChI is InChI=1S/C16H23NO3/c1-4-8-17(11-14(18)19)10-13-7-5-6-12-9-16(2,3)20-15(12)13/h5-7H,4,8-11H2,1-3H3,(H,18,19). The van der Waals surface area contributed by atoms with Crippen LogP contribution in [0.15, 0.2) is 18.2 Å². The quantitative estimate of drug-likeness (QED) is 0.868. The van der Waals surface area contributed by atoms with Crippen molar-refractivity contribution in [3.8, 4) is 5.75 Å². The molecule has 0 bridgehead atoms. The van der Waals surface area contributed by atoms with E-state index in [1.54, 1.807) is 0 Å². The Balaban J connectivity index is 2.18. The van der Waals surface area contributed by atoms with Crippen molar-refractivity contribution in [2.75, 3.05) is 13.1 Å². The highest BCUT2D eigenvalue weighted by molar-refractivity contribution is 5.69. The van der Waals surface area contributed by atoms with Gasteiger partial charge in [-0.1, -0.05) is 25.1 Å². The number of hydrogen-bond donors (Lipinski definition) is 1. The SMILES string of the molecule is CCCN(CC(=O)O)Cc1cccc2c1OC(C)(C)C2. The van der Waals surface area contributed by atoms with Gasteiger partial charge in [0.1, 0.15) is 11.4 Å². The molecule has 0 saturated carbocycles. The summed E-state index contributed by atoms with van der Waals surface area (Å²) >= 11 is 0. The first-order valence-electron chi connectivity index (χ1n) is 7.15. The van der Waals surface area contributed by atoms with Crippen molar-refractivity contribution < 1.29 is 14.6 Å². The number of aliphatic carboxylic acids is 1. The molecule has 0 saturated heterocycles. The second-order valence-electron chi connectivity index (χ2n) is 6.05. The summed E-state index contributed by atoms with van der Waals surface area (Å²) < 4.78 is 6.04. The molecule has 2 rings (SSSR count). The predicted molar refractivity (Wildman–Crippen MR) is 78.1 cm³/mol. The molecular weight excluding hydrogens is 254 g/mol. The third-order valence-electron chi connectivity index (χ3n) is 3.47. The van der Waals surface area contributed by atoms with Gasteiger partial charge < -0.3 is 9.84 Å². The zero-order valence-corrected chi connectivity index (χ0v) is 12.5. The average molecular weight is 277 g/mol. The van der Waals surface area contributed by atoms with Crippen molar-refractivity contribution in [2.24, 2.45) is 0 Å². The maximum atomic E-state index is 10.9. The number of rotatable bonds is 6. The lowest BCUT2D eigenvalue weighted by Gasteiger charge is -2.22. The third kappa shape index (κ3) is 3.51. The highest BCUT2D eigenvalue weighted by atomic mass is 16.5. The van der Waals surface area contributed by atoms with Crippen LogP contribution in [0.5, 0.6) is 5.75 Å². The molecule has 0 amide bonds. The van der Waals surface area contributed by atoms with E-state index in [1.807, 2.05) is 17.0 Å². The molecule has 1 aromatic carbocycles. The molecule has 0 radical (unpaired) electrons. The predicted octanol–water partition coefficient (Wildman–Crippen LogP) is 2.70. The number of carbonyl (C=O) groups is 1. The Morgan fingerprint density at radius 2 is 2.20 bits per heavy atom. The molecule has 1 aliphatic heterocycles. The lowest BCUT2D eigenvalue weighted by atomic mass is 10.0. The van der Waals surface area contributed by atoms with E-state index in [9.17, 15) is 4.79 Å². The monoisotopic (exact) mass is 277 g/mol. The molecular formula is C16H23NO3. The molecule has 110 valence electrons. The molecule has 0 aromatic heterocycles. The zero-order chi connectivity index (χ0) is 14.8. The third-order valence-corrected chi connectivity index (χ3v) is 3.47. The number of benzene rings is 1. The van der Waals surface area contributed by atoms with Gasteiger partial charge in [0.15, 0.2) is 0 Å². The van der Waals surface area contributed by atoms with Crippen molar-refractivity contribution >= 4 is 5.97 Å². The Morgan fingerprint density at radius 1 is 1.45 bits per heavy atom. The second-order valence-corrected chi connectivity index (χ2v) is 6.05. The molecule has 4 heteroatoms. The summed E-state index contributed by atoms with van der Waals surface area (Å²) in [4.78, 5) is 12.9. The summed E-state index contributed by atoms with van der Waals surface area (Å²) in [5.74, 6) is 0.163. The van der Waals surface area contributed by atoms with Gasteiger partial charge in [-0.2, -0.15) is 0 Å². The van der Waals surface area contributed by atoms with Crippen LogP contribution < -0.4 is 4.74 Å². The summed E-state index contributed by atoms with van der Waals surface area (Å²) in [6.45, 7) is 7.69. The van der Waals surface area contributed by atoms with Crippen LogP contribution in [-0.4, -0.2) is 34.7 Å². The largest absolute Gasteiger partial charge is 0.487 e. The van der Waals surface area contributed by atoms with Gasteiger partial charge in [0.25, 0.3) is 0 Å². The van der Waals surface area contributed by atoms with Crippen LogP contribution in [0.1, 0.15) is 38.3 Å². The van der Waals surface area contributed by atoms with Gasteiger partial charge in [0, 0.05) is 18.5 Å². The molecule has 0 unspecified atom stereocenters. The lowest BCUT2D eigenvalue weighted by Crippen LogP contribution is -2.30. The van der Waals surface area contributed by atoms with Crippen molar-refractivity contribution in [3.05, 3.63) is 29.3 Å². The number of para-hydroxylation sites is 1. The van der Waals surface area contributed by atoms with Gasteiger partial charge >= 0.3 is 5.97 Å². The van der Waals surface area contributed by atoms with E-state index in [4.69, 9.17) is 9.84 Å². The minimum absolute atomic E-state index is 0.0703. The Hall–Kier alpha value is -1.55. The summed E-state index contributed by atoms with van der Waals surface area (Å²) in [5.41, 5.74) is 2.14. The average Bonchev–Trinajstić information content (AvgIpc) is 2.64. The fraction of sp³-hybridized carbons (Fsp3) is 0.562. The molecule has 0 spiro atoms. The topological polar surface area (TPSA) is 49.8 Å². The first kappa shape index (κ1) is 14.9. The van der Waals surface area contributed by atoms with E-state index < -0.39 is 5.97 Å². The fourth-order valence-electron chi connectivity index (χ4n) is 2.77. The van der Waals surface area contributed by atoms with E-state index in [-0.39, 0.29) is 12.1 Å². The number of fused-ring (bicyclic) bond motifs is 1. The highest BCUT2D eigenvalue weighted by Crippen LogP contribution is 2.37. The Bertz CT molecular complexity index is 496. The molecule has 0 atom stereocenters. The van der Waals surface area contributed by atoms with Crippen LogP contribution in [0.2, 0.25) is 0 Å². The number of carboxylic acids is 1. The molecule has 0 fully saturated rings. The fourth-order valence-corrected chi connectivity index (χ4v) is 2.77. The Kier molecular flexibility index (Phi) is 4.33. The highest BCUT2D eigenvalue weighted by Gasteiger charge is 2.31. The van der Waals surface area contributed by atoms with E-state index in [2.05, 4.69) is 26.8 Å². The number of carboxylic acid groups (broad SMARTS) is 1. The second kappa shape index (κ2) is 5.83. The van der Waals surface area contributed by atoms with Gasteiger partial charge in [0.2, 0.25) is 0 Å². The summed E-state index contributed by atoms with van der Waals surface area (Å²) in [6.07, 6.45) is 1.84. The van der Waals surface area contributed by atoms with Gasteiger partial charge in [0.05, 0.1) is 6.54 Å². The van der Waals surface area contributed by atoms with Crippen LogP contribution in [0.3, 0.4) is 0 Å². The van der Waals surface area contributed by atoms with Gasteiger partial charge in [-0.15, -0.1) is 0 Å². The maximum Gasteiger partial charge on any atom is 0.317 e. The zero-order valence-electron chi connectivity index (χ0n) is 12.5. The number of ether oxygens (including phenoxy) is 1. The van der Waals surface area contributed by atoms with Crippen molar-refractivity contribution in [2.45, 2.75) is 45.8 Å². The van der Waals surface area contributed by atoms with E-state index in [0.717, 1.165) is 30.7 Å². The minimum atomic E-state index is -0.785. The summed E-state index contributed by atoms with van der Waals surface area (Å²) in [5, 5.41) is 8.99. The molecule has 20 heavy (non-hydrogen) atoms. The van der Waals surface area contributed by atoms with Crippen LogP contribution in [0.4, 0.5) is 0 Å². The van der Waals surface area contributed by atoms with Gasteiger partial charge in [-0.25, -0.2) is 0 Å². The van der Waals surface area contributed by atoms with E-state index in [0.29, 0.717) is 6.54 Å². The van der Waals surface area contributed by atoms with Crippen molar-refractivity contribution in [3.63, 3.8) is 0 Å². The molecule has 0 aliphatic carbocycles. The van der Waals surface area contributed by atoms with E-state index >= 15 is 0 Å². The first-order valence-corrected chi connectivity index (χ1v) is 7.15. The molecule has 4 nitrogen and oxygen atoms in total. The van der Waals surface area contributed by atoms with Crippen LogP contribution in [-0.2, 0) is 17.8 Å². The first-order chi connectivity index (χ1) is 9.41.